The second-order valence-electron chi connectivity index (χ2n) is 26.8. The predicted molar refractivity (Wildman–Crippen MR) is 285 cm³/mol. The van der Waals surface area contributed by atoms with Crippen molar-refractivity contribution in [3.63, 3.8) is 0 Å². The maximum atomic E-state index is 5.46. The van der Waals surface area contributed by atoms with Crippen molar-refractivity contribution in [2.75, 3.05) is 19.6 Å². The minimum atomic E-state index is -0.242. The van der Waals surface area contributed by atoms with Gasteiger partial charge in [0, 0.05) is 34.1 Å². The molecule has 0 atom stereocenters. The monoisotopic (exact) mass is 909 g/mol. The van der Waals surface area contributed by atoms with Gasteiger partial charge in [0.25, 0.3) is 0 Å². The van der Waals surface area contributed by atoms with Crippen LogP contribution in [-0.4, -0.2) is 99.0 Å². The Morgan fingerprint density at radius 2 is 0.463 bits per heavy atom. The van der Waals surface area contributed by atoms with Crippen molar-refractivity contribution >= 4 is 52.0 Å². The molecule has 67 heavy (non-hydrogen) atoms. The highest BCUT2D eigenvalue weighted by Gasteiger charge is 2.68. The number of hydrogen-bond donors (Lipinski definition) is 0. The van der Waals surface area contributed by atoms with Gasteiger partial charge >= 0.3 is 0 Å². The van der Waals surface area contributed by atoms with Gasteiger partial charge in [-0.3, -0.25) is 0 Å². The van der Waals surface area contributed by atoms with Gasteiger partial charge in [-0.25, -0.2) is 15.0 Å². The first kappa shape index (κ1) is 47.3. The van der Waals surface area contributed by atoms with Crippen LogP contribution >= 0.6 is 0 Å². The van der Waals surface area contributed by atoms with Crippen molar-refractivity contribution < 1.29 is 0 Å². The molecule has 0 amide bonds. The van der Waals surface area contributed by atoms with Crippen LogP contribution in [0.25, 0.3) is 0 Å². The van der Waals surface area contributed by atoms with Gasteiger partial charge in [0.05, 0.1) is 66.5 Å². The van der Waals surface area contributed by atoms with E-state index in [9.17, 15) is 0 Å². The molecule has 0 saturated carbocycles. The van der Waals surface area contributed by atoms with E-state index in [4.69, 9.17) is 15.0 Å². The van der Waals surface area contributed by atoms with Gasteiger partial charge in [-0.2, -0.15) is 0 Å². The maximum Gasteiger partial charge on any atom is 0.203 e. The highest BCUT2D eigenvalue weighted by atomic mass is 15.6. The van der Waals surface area contributed by atoms with Crippen molar-refractivity contribution in [3.05, 3.63) is 72.8 Å². The lowest BCUT2D eigenvalue weighted by Gasteiger charge is -2.50. The number of benzene rings is 3. The zero-order valence-corrected chi connectivity index (χ0v) is 45.9. The van der Waals surface area contributed by atoms with Crippen LogP contribution in [-0.2, 0) is 0 Å². The van der Waals surface area contributed by atoms with Crippen molar-refractivity contribution in [2.24, 2.45) is 15.0 Å². The lowest BCUT2D eigenvalue weighted by molar-refractivity contribution is 0.0528. The summed E-state index contributed by atoms with van der Waals surface area (Å²) in [4.78, 5) is 33.9. The van der Waals surface area contributed by atoms with Gasteiger partial charge in [0.2, 0.25) is 17.9 Å². The molecule has 3 saturated heterocycles. The molecule has 3 aromatic rings. The molecule has 0 N–H and O–H groups in total. The topological polar surface area (TPSA) is 59.8 Å². The minimum absolute atomic E-state index is 0.156. The van der Waals surface area contributed by atoms with E-state index in [1.165, 1.54) is 0 Å². The van der Waals surface area contributed by atoms with Crippen LogP contribution in [0, 0.1) is 0 Å². The largest absolute Gasteiger partial charge is 0.327 e. The van der Waals surface area contributed by atoms with Crippen LogP contribution in [0.3, 0.4) is 0 Å². The van der Waals surface area contributed by atoms with E-state index in [0.717, 1.165) is 52.0 Å². The summed E-state index contributed by atoms with van der Waals surface area (Å²) in [5.41, 5.74) is 4.28. The molecule has 0 aliphatic carbocycles. The van der Waals surface area contributed by atoms with E-state index >= 15 is 0 Å². The Bertz CT molecular complexity index is 2320. The first-order valence-corrected chi connectivity index (χ1v) is 25.0. The highest BCUT2D eigenvalue weighted by Crippen LogP contribution is 2.57. The molecule has 6 heterocycles. The Morgan fingerprint density at radius 1 is 0.269 bits per heavy atom. The summed E-state index contributed by atoms with van der Waals surface area (Å²) in [6, 6.07) is 27.5. The molecule has 362 valence electrons. The summed E-state index contributed by atoms with van der Waals surface area (Å²) < 4.78 is 0. The second-order valence-corrected chi connectivity index (χ2v) is 26.8. The fourth-order valence-electron chi connectivity index (χ4n) is 12.6. The first-order chi connectivity index (χ1) is 30.3. The second kappa shape index (κ2) is 13.1. The number of aliphatic imine (C=N–C) groups is 3. The van der Waals surface area contributed by atoms with Crippen molar-refractivity contribution in [1.82, 2.24) is 14.7 Å². The third kappa shape index (κ3) is 5.59. The third-order valence-corrected chi connectivity index (χ3v) is 20.5. The molecule has 0 unspecified atom stereocenters. The number of nitrogens with zero attached hydrogens (tertiary/aromatic N) is 10. The van der Waals surface area contributed by atoms with E-state index in [1.54, 1.807) is 0 Å². The van der Waals surface area contributed by atoms with E-state index in [1.807, 2.05) is 0 Å². The molecule has 3 fully saturated rings. The van der Waals surface area contributed by atoms with Crippen LogP contribution in [0.4, 0.5) is 34.1 Å². The van der Waals surface area contributed by atoms with E-state index in [-0.39, 0.29) is 66.5 Å². The molecule has 3 aromatic carbocycles. The van der Waals surface area contributed by atoms with E-state index < -0.39 is 0 Å². The number of rotatable bonds is 6. The molecule has 0 bridgehead atoms. The lowest BCUT2D eigenvalue weighted by Crippen LogP contribution is -2.62. The molecule has 0 aromatic heterocycles. The summed E-state index contributed by atoms with van der Waals surface area (Å²) in [6.45, 7) is 56.1. The van der Waals surface area contributed by atoms with Crippen LogP contribution in [0.15, 0.2) is 87.8 Å². The van der Waals surface area contributed by atoms with Crippen LogP contribution in [0.1, 0.15) is 166 Å². The summed E-state index contributed by atoms with van der Waals surface area (Å²) in [6.07, 6.45) is 0. The Labute approximate surface area is 405 Å². The van der Waals surface area contributed by atoms with Gasteiger partial charge in [0.1, 0.15) is 0 Å². The molecule has 0 spiro atoms. The van der Waals surface area contributed by atoms with Crippen LogP contribution in [0.5, 0.6) is 0 Å². The normalized spacial score (nSPS) is 27.1. The quantitative estimate of drug-likeness (QED) is 0.244. The highest BCUT2D eigenvalue weighted by molar-refractivity contribution is 6.05. The molecule has 6 aliphatic rings. The molecule has 0 radical (unpaired) electrons. The molecule has 6 aliphatic heterocycles. The molecule has 9 rings (SSSR count). The van der Waals surface area contributed by atoms with E-state index in [0.29, 0.717) is 0 Å². The molecular weight excluding hydrogens is 825 g/mol. The smallest absolute Gasteiger partial charge is 0.203 e. The van der Waals surface area contributed by atoms with Crippen LogP contribution in [0.2, 0.25) is 0 Å². The van der Waals surface area contributed by atoms with Gasteiger partial charge in [-0.05, 0) is 239 Å². The average Bonchev–Trinajstić information content (AvgIpc) is 3.75. The predicted octanol–water partition coefficient (Wildman–Crippen LogP) is 13.0. The summed E-state index contributed by atoms with van der Waals surface area (Å²) in [7, 11) is 0. The van der Waals surface area contributed by atoms with Crippen molar-refractivity contribution in [3.8, 4) is 0 Å². The first-order valence-electron chi connectivity index (χ1n) is 25.0. The Kier molecular flexibility index (Phi) is 9.27. The number of anilines is 6. The lowest BCUT2D eigenvalue weighted by atomic mass is 9.76. The third-order valence-electron chi connectivity index (χ3n) is 20.5. The summed E-state index contributed by atoms with van der Waals surface area (Å²) in [5.74, 6) is 3.16. The van der Waals surface area contributed by atoms with Gasteiger partial charge in [0.15, 0.2) is 0 Å². The zero-order valence-electron chi connectivity index (χ0n) is 45.9. The zero-order chi connectivity index (χ0) is 49.8. The summed E-state index contributed by atoms with van der Waals surface area (Å²) >= 11 is 0. The Balaban J connectivity index is 1.14. The van der Waals surface area contributed by atoms with Gasteiger partial charge in [-0.15, -0.1) is 0 Å². The average molecular weight is 909 g/mol. The van der Waals surface area contributed by atoms with Crippen molar-refractivity contribution in [2.45, 2.75) is 233 Å². The number of hydrogen-bond acceptors (Lipinski definition) is 10. The minimum Gasteiger partial charge on any atom is -0.327 e. The summed E-state index contributed by atoms with van der Waals surface area (Å²) in [5, 5.41) is 0. The Morgan fingerprint density at radius 3 is 0.657 bits per heavy atom. The SMILES string of the molecule is CC1(C)N=C2N(c3ccc(N(c4ccc(N5C6=NC(C)(C)C(C)(C)N6C(C)(C)C5(C)C)cc4)c4ccc(N5C6=NC(C)(C)C(C)(C)N6C(C)(C)C5(C)C)cc4)cc3)C(C)(C)C(C)(C)N2C1(C)C. The molecule has 10 nitrogen and oxygen atoms in total. The van der Waals surface area contributed by atoms with Crippen LogP contribution < -0.4 is 19.6 Å². The maximum absolute atomic E-state index is 5.46. The number of fused-ring (bicyclic) bond motifs is 3. The van der Waals surface area contributed by atoms with Gasteiger partial charge in [-0.1, -0.05) is 0 Å². The number of guanidine groups is 3. The van der Waals surface area contributed by atoms with Crippen molar-refractivity contribution in [1.29, 1.82) is 0 Å². The fraction of sp³-hybridized carbons (Fsp3) is 0.632. The van der Waals surface area contributed by atoms with E-state index in [2.05, 4.69) is 273 Å². The standard InChI is InChI=1S/C57H84N10/c1-46(2)49(7,8)65-43(58-46)62(52(13,14)55(65,19)20)40-31-25-37(26-32-40)61(38-27-33-41(34-28-38)63-44-59-47(3,4)50(9,10)66(44)56(21,22)53(63,15)16)39-29-35-42(36-30-39)64-45-60-48(5,6)51(11,12)67(45)57(23,24)54(64,17)18/h25-36H,1-24H3. The molecule has 10 heteroatoms. The Hall–Kier alpha value is -4.73. The van der Waals surface area contributed by atoms with Gasteiger partial charge < -0.3 is 34.3 Å². The molecular formula is C57H84N10. The fourth-order valence-corrected chi connectivity index (χ4v) is 12.6.